The van der Waals surface area contributed by atoms with Crippen LogP contribution in [0.15, 0.2) is 42.9 Å². The van der Waals surface area contributed by atoms with E-state index in [1.54, 1.807) is 0 Å². The van der Waals surface area contributed by atoms with E-state index in [1.165, 1.54) is 5.56 Å². The van der Waals surface area contributed by atoms with Gasteiger partial charge in [-0.3, -0.25) is 9.88 Å². The van der Waals surface area contributed by atoms with Gasteiger partial charge < -0.3 is 19.5 Å². The topological polar surface area (TPSA) is 45.6 Å². The van der Waals surface area contributed by atoms with Crippen LogP contribution in [-0.2, 0) is 11.8 Å². The van der Waals surface area contributed by atoms with E-state index in [9.17, 15) is 0 Å². The molecule has 138 valence electrons. The molecule has 0 unspecified atom stereocenters. The molecule has 0 aliphatic carbocycles. The SMILES string of the molecule is Cn1ccc([C@@H]2[C@@H](c3ccccn3)NC(=S)N2CCN2CCOCC2)c1. The second-order valence-electron chi connectivity index (χ2n) is 6.88. The van der Waals surface area contributed by atoms with E-state index in [1.807, 2.05) is 18.3 Å². The Bertz CT molecular complexity index is 743. The molecule has 0 aromatic carbocycles. The van der Waals surface area contributed by atoms with Crippen molar-refractivity contribution >= 4 is 17.3 Å². The Kier molecular flexibility index (Phi) is 5.19. The van der Waals surface area contributed by atoms with Crippen molar-refractivity contribution in [3.63, 3.8) is 0 Å². The maximum absolute atomic E-state index is 5.71. The van der Waals surface area contributed by atoms with Gasteiger partial charge in [0.05, 0.1) is 31.0 Å². The van der Waals surface area contributed by atoms with Crippen LogP contribution >= 0.6 is 12.2 Å². The molecule has 0 amide bonds. The number of ether oxygens (including phenoxy) is 1. The standard InChI is InChI=1S/C19H25N5OS/c1-22-7-5-15(14-22)18-17(16-4-2-3-6-20-16)21-19(26)24(18)9-8-23-10-12-25-13-11-23/h2-7,14,17-18H,8-13H2,1H3,(H,21,26)/t17-,18-/m1/s1. The summed E-state index contributed by atoms with van der Waals surface area (Å²) in [7, 11) is 2.05. The first-order valence-electron chi connectivity index (χ1n) is 9.12. The molecule has 2 aliphatic rings. The van der Waals surface area contributed by atoms with Crippen molar-refractivity contribution in [1.82, 2.24) is 24.7 Å². The summed E-state index contributed by atoms with van der Waals surface area (Å²) in [4.78, 5) is 9.35. The minimum Gasteiger partial charge on any atom is -0.379 e. The number of pyridine rings is 1. The number of nitrogens with one attached hydrogen (secondary N) is 1. The number of hydrogen-bond acceptors (Lipinski definition) is 4. The highest BCUT2D eigenvalue weighted by atomic mass is 32.1. The van der Waals surface area contributed by atoms with Gasteiger partial charge in [-0.15, -0.1) is 0 Å². The Balaban J connectivity index is 1.57. The molecule has 1 N–H and O–H groups in total. The van der Waals surface area contributed by atoms with E-state index in [0.717, 1.165) is 50.2 Å². The molecule has 0 radical (unpaired) electrons. The first kappa shape index (κ1) is 17.5. The third kappa shape index (κ3) is 3.60. The number of aryl methyl sites for hydroxylation is 1. The van der Waals surface area contributed by atoms with Gasteiger partial charge in [-0.2, -0.15) is 0 Å². The van der Waals surface area contributed by atoms with Crippen LogP contribution in [0.2, 0.25) is 0 Å². The molecule has 4 rings (SSSR count). The molecule has 2 saturated heterocycles. The summed E-state index contributed by atoms with van der Waals surface area (Å²) in [6.07, 6.45) is 6.11. The molecule has 4 heterocycles. The van der Waals surface area contributed by atoms with Gasteiger partial charge in [0.2, 0.25) is 0 Å². The van der Waals surface area contributed by atoms with Gasteiger partial charge in [0.15, 0.2) is 5.11 Å². The molecule has 2 aliphatic heterocycles. The third-order valence-electron chi connectivity index (χ3n) is 5.15. The first-order chi connectivity index (χ1) is 12.7. The normalized spacial score (nSPS) is 24.0. The molecule has 26 heavy (non-hydrogen) atoms. The van der Waals surface area contributed by atoms with Gasteiger partial charge in [0, 0.05) is 51.8 Å². The van der Waals surface area contributed by atoms with Crippen LogP contribution in [0.25, 0.3) is 0 Å². The van der Waals surface area contributed by atoms with Gasteiger partial charge >= 0.3 is 0 Å². The Hall–Kier alpha value is -1.96. The van der Waals surface area contributed by atoms with Crippen LogP contribution < -0.4 is 5.32 Å². The zero-order valence-corrected chi connectivity index (χ0v) is 15.9. The monoisotopic (exact) mass is 371 g/mol. The molecule has 2 aromatic heterocycles. The number of rotatable bonds is 5. The van der Waals surface area contributed by atoms with Gasteiger partial charge in [0.1, 0.15) is 0 Å². The fourth-order valence-electron chi connectivity index (χ4n) is 3.78. The summed E-state index contributed by atoms with van der Waals surface area (Å²) in [5, 5.41) is 4.32. The molecule has 0 bridgehead atoms. The van der Waals surface area contributed by atoms with Crippen molar-refractivity contribution < 1.29 is 4.74 Å². The van der Waals surface area contributed by atoms with Crippen molar-refractivity contribution in [1.29, 1.82) is 0 Å². The number of morpholine rings is 1. The Labute approximate surface area is 159 Å². The Morgan fingerprint density at radius 1 is 1.23 bits per heavy atom. The molecule has 2 fully saturated rings. The molecular weight excluding hydrogens is 346 g/mol. The third-order valence-corrected chi connectivity index (χ3v) is 5.51. The summed E-state index contributed by atoms with van der Waals surface area (Å²) < 4.78 is 7.55. The van der Waals surface area contributed by atoms with E-state index in [2.05, 4.69) is 56.2 Å². The summed E-state index contributed by atoms with van der Waals surface area (Å²) >= 11 is 5.71. The summed E-state index contributed by atoms with van der Waals surface area (Å²) in [5.74, 6) is 0. The maximum Gasteiger partial charge on any atom is 0.170 e. The zero-order chi connectivity index (χ0) is 17.9. The zero-order valence-electron chi connectivity index (χ0n) is 15.0. The van der Waals surface area contributed by atoms with Crippen molar-refractivity contribution in [3.8, 4) is 0 Å². The first-order valence-corrected chi connectivity index (χ1v) is 9.53. The van der Waals surface area contributed by atoms with Crippen molar-refractivity contribution in [3.05, 3.63) is 54.1 Å². The van der Waals surface area contributed by atoms with Gasteiger partial charge in [-0.25, -0.2) is 0 Å². The highest BCUT2D eigenvalue weighted by molar-refractivity contribution is 7.80. The van der Waals surface area contributed by atoms with Crippen LogP contribution in [0, 0.1) is 0 Å². The molecule has 6 nitrogen and oxygen atoms in total. The lowest BCUT2D eigenvalue weighted by Crippen LogP contribution is -2.42. The fraction of sp³-hybridized carbons (Fsp3) is 0.474. The van der Waals surface area contributed by atoms with Crippen molar-refractivity contribution in [2.24, 2.45) is 7.05 Å². The maximum atomic E-state index is 5.71. The van der Waals surface area contributed by atoms with E-state index < -0.39 is 0 Å². The highest BCUT2D eigenvalue weighted by Gasteiger charge is 2.39. The van der Waals surface area contributed by atoms with Crippen LogP contribution in [0.3, 0.4) is 0 Å². The van der Waals surface area contributed by atoms with Crippen LogP contribution in [0.1, 0.15) is 23.3 Å². The van der Waals surface area contributed by atoms with Gasteiger partial charge in [0.25, 0.3) is 0 Å². The van der Waals surface area contributed by atoms with Crippen LogP contribution in [-0.4, -0.2) is 63.9 Å². The molecule has 7 heteroatoms. The fourth-order valence-corrected chi connectivity index (χ4v) is 4.12. The minimum absolute atomic E-state index is 0.0655. The number of hydrogen-bond donors (Lipinski definition) is 1. The smallest absolute Gasteiger partial charge is 0.170 e. The summed E-state index contributed by atoms with van der Waals surface area (Å²) in [5.41, 5.74) is 2.29. The average molecular weight is 372 g/mol. The van der Waals surface area contributed by atoms with Crippen LogP contribution in [0.5, 0.6) is 0 Å². The van der Waals surface area contributed by atoms with Gasteiger partial charge in [-0.1, -0.05) is 6.07 Å². The Morgan fingerprint density at radius 3 is 2.77 bits per heavy atom. The average Bonchev–Trinajstić information content (AvgIpc) is 3.24. The second-order valence-corrected chi connectivity index (χ2v) is 7.27. The van der Waals surface area contributed by atoms with E-state index in [4.69, 9.17) is 17.0 Å². The largest absolute Gasteiger partial charge is 0.379 e. The lowest BCUT2D eigenvalue weighted by molar-refractivity contribution is 0.0350. The van der Waals surface area contributed by atoms with E-state index >= 15 is 0 Å². The molecule has 2 atom stereocenters. The molecule has 0 saturated carbocycles. The molecule has 2 aromatic rings. The minimum atomic E-state index is 0.0655. The predicted molar refractivity (Wildman–Crippen MR) is 105 cm³/mol. The highest BCUT2D eigenvalue weighted by Crippen LogP contribution is 2.38. The lowest BCUT2D eigenvalue weighted by Gasteiger charge is -2.31. The number of nitrogens with zero attached hydrogens (tertiary/aromatic N) is 4. The Morgan fingerprint density at radius 2 is 2.08 bits per heavy atom. The quantitative estimate of drug-likeness (QED) is 0.808. The number of aromatic nitrogens is 2. The van der Waals surface area contributed by atoms with E-state index in [0.29, 0.717) is 0 Å². The van der Waals surface area contributed by atoms with Gasteiger partial charge in [-0.05, 0) is 36.0 Å². The lowest BCUT2D eigenvalue weighted by atomic mass is 9.99. The second kappa shape index (κ2) is 7.73. The summed E-state index contributed by atoms with van der Waals surface area (Å²) in [6.45, 7) is 5.52. The predicted octanol–water partition coefficient (Wildman–Crippen LogP) is 1.72. The van der Waals surface area contributed by atoms with Crippen molar-refractivity contribution in [2.45, 2.75) is 12.1 Å². The van der Waals surface area contributed by atoms with Crippen LogP contribution in [0.4, 0.5) is 0 Å². The summed E-state index contributed by atoms with van der Waals surface area (Å²) in [6, 6.07) is 8.45. The van der Waals surface area contributed by atoms with E-state index in [-0.39, 0.29) is 12.1 Å². The van der Waals surface area contributed by atoms with Crippen molar-refractivity contribution in [2.75, 3.05) is 39.4 Å². The molecular formula is C19H25N5OS. The molecule has 0 spiro atoms. The number of thiocarbonyl (C=S) groups is 1.